The Labute approximate surface area is 206 Å². The largest absolute Gasteiger partial charge is 0.339 e. The molecule has 0 saturated heterocycles. The first-order valence-corrected chi connectivity index (χ1v) is 11.4. The van der Waals surface area contributed by atoms with Gasteiger partial charge in [-0.25, -0.2) is 9.67 Å². The highest BCUT2D eigenvalue weighted by Gasteiger charge is 2.11. The molecule has 2 N–H and O–H groups in total. The van der Waals surface area contributed by atoms with Crippen LogP contribution in [-0.4, -0.2) is 35.4 Å². The highest BCUT2D eigenvalue weighted by molar-refractivity contribution is 5.91. The van der Waals surface area contributed by atoms with Crippen LogP contribution in [0.15, 0.2) is 71.8 Å². The Bertz CT molecular complexity index is 1620. The molecule has 0 spiro atoms. The van der Waals surface area contributed by atoms with Gasteiger partial charge in [0.25, 0.3) is 5.56 Å². The van der Waals surface area contributed by atoms with Crippen molar-refractivity contribution in [1.82, 2.24) is 29.5 Å². The monoisotopic (exact) mass is 480 g/mol. The van der Waals surface area contributed by atoms with Crippen LogP contribution in [-0.2, 0) is 11.3 Å². The van der Waals surface area contributed by atoms with Gasteiger partial charge in [0.2, 0.25) is 5.91 Å². The maximum absolute atomic E-state index is 12.6. The fourth-order valence-electron chi connectivity index (χ4n) is 3.81. The number of hydrogen-bond acceptors (Lipinski definition) is 7. The van der Waals surface area contributed by atoms with E-state index in [4.69, 9.17) is 0 Å². The average Bonchev–Trinajstić information content (AvgIpc) is 3.15. The highest BCUT2D eigenvalue weighted by atomic mass is 16.2. The lowest BCUT2D eigenvalue weighted by Gasteiger charge is -2.10. The first-order chi connectivity index (χ1) is 17.4. The number of carbonyl (C=O) groups excluding carboxylic acids is 1. The van der Waals surface area contributed by atoms with Gasteiger partial charge in [-0.1, -0.05) is 12.1 Å². The first-order valence-electron chi connectivity index (χ1n) is 11.4. The second-order valence-electron chi connectivity index (χ2n) is 8.43. The van der Waals surface area contributed by atoms with Gasteiger partial charge in [0.05, 0.1) is 22.9 Å². The molecule has 0 aliphatic rings. The van der Waals surface area contributed by atoms with Crippen molar-refractivity contribution in [3.63, 3.8) is 0 Å². The van der Waals surface area contributed by atoms with E-state index >= 15 is 0 Å². The summed E-state index contributed by atoms with van der Waals surface area (Å²) in [5.41, 5.74) is 4.86. The van der Waals surface area contributed by atoms with Crippen molar-refractivity contribution in [2.45, 2.75) is 27.3 Å². The van der Waals surface area contributed by atoms with Crippen LogP contribution in [0.1, 0.15) is 17.0 Å². The van der Waals surface area contributed by atoms with E-state index in [-0.39, 0.29) is 18.0 Å². The molecular formula is C26H24N8O2. The number of aryl methyl sites for hydroxylation is 1. The number of carbonyl (C=O) groups is 1. The molecule has 0 radical (unpaired) electrons. The van der Waals surface area contributed by atoms with E-state index in [0.29, 0.717) is 28.2 Å². The number of aromatic nitrogens is 6. The van der Waals surface area contributed by atoms with Crippen molar-refractivity contribution >= 4 is 34.0 Å². The minimum Gasteiger partial charge on any atom is -0.339 e. The number of amides is 1. The van der Waals surface area contributed by atoms with Gasteiger partial charge in [0.15, 0.2) is 11.6 Å². The van der Waals surface area contributed by atoms with Crippen molar-refractivity contribution in [2.75, 3.05) is 10.6 Å². The molecule has 36 heavy (non-hydrogen) atoms. The third-order valence-corrected chi connectivity index (χ3v) is 6.01. The van der Waals surface area contributed by atoms with E-state index in [1.54, 1.807) is 35.0 Å². The molecule has 10 heteroatoms. The van der Waals surface area contributed by atoms with Crippen molar-refractivity contribution < 1.29 is 4.79 Å². The van der Waals surface area contributed by atoms with E-state index < -0.39 is 0 Å². The first kappa shape index (κ1) is 22.9. The van der Waals surface area contributed by atoms with Crippen molar-refractivity contribution in [1.29, 1.82) is 0 Å². The zero-order valence-electron chi connectivity index (χ0n) is 20.1. The number of hydrogen-bond donors (Lipinski definition) is 2. The molecule has 2 aromatic carbocycles. The Hall–Kier alpha value is -4.86. The zero-order valence-corrected chi connectivity index (χ0v) is 20.1. The molecule has 0 aliphatic carbocycles. The predicted octanol–water partition coefficient (Wildman–Crippen LogP) is 3.68. The standard InChI is InChI=1S/C26H24N8O2/c1-16-17(2)32-34(18(16)3)24-13-12-23(30-31-24)28-19-8-10-20(11-9-19)29-25(35)14-33-15-27-22-7-5-4-6-21(22)26(33)36/h4-13,15H,14H2,1-3H3,(H,28,30)(H,29,35). The van der Waals surface area contributed by atoms with E-state index in [2.05, 4.69) is 30.9 Å². The molecule has 10 nitrogen and oxygen atoms in total. The average molecular weight is 481 g/mol. The van der Waals surface area contributed by atoms with Crippen molar-refractivity contribution in [3.05, 3.63) is 94.3 Å². The number of rotatable bonds is 6. The molecule has 0 bridgehead atoms. The molecule has 3 heterocycles. The lowest BCUT2D eigenvalue weighted by atomic mass is 10.2. The third-order valence-electron chi connectivity index (χ3n) is 6.01. The number of nitrogens with one attached hydrogen (secondary N) is 2. The molecule has 0 saturated carbocycles. The second kappa shape index (κ2) is 9.41. The number of benzene rings is 2. The summed E-state index contributed by atoms with van der Waals surface area (Å²) in [5.74, 6) is 0.903. The van der Waals surface area contributed by atoms with E-state index in [1.807, 2.05) is 51.1 Å². The summed E-state index contributed by atoms with van der Waals surface area (Å²) in [7, 11) is 0. The number of nitrogens with zero attached hydrogens (tertiary/aromatic N) is 6. The molecule has 0 fully saturated rings. The molecule has 180 valence electrons. The van der Waals surface area contributed by atoms with Crippen LogP contribution >= 0.6 is 0 Å². The normalized spacial score (nSPS) is 11.0. The quantitative estimate of drug-likeness (QED) is 0.380. The molecule has 1 amide bonds. The Kier molecular flexibility index (Phi) is 5.99. The molecule has 0 aliphatic heterocycles. The number of para-hydroxylation sites is 1. The van der Waals surface area contributed by atoms with Crippen LogP contribution in [0.25, 0.3) is 16.7 Å². The molecule has 5 aromatic rings. The predicted molar refractivity (Wildman–Crippen MR) is 138 cm³/mol. The Morgan fingerprint density at radius 3 is 2.36 bits per heavy atom. The third kappa shape index (κ3) is 4.56. The van der Waals surface area contributed by atoms with Gasteiger partial charge in [-0.15, -0.1) is 10.2 Å². The summed E-state index contributed by atoms with van der Waals surface area (Å²) in [6, 6.07) is 17.9. The van der Waals surface area contributed by atoms with Gasteiger partial charge in [0, 0.05) is 17.1 Å². The maximum Gasteiger partial charge on any atom is 0.261 e. The topological polar surface area (TPSA) is 120 Å². The van der Waals surface area contributed by atoms with Crippen LogP contribution in [0.4, 0.5) is 17.2 Å². The zero-order chi connectivity index (χ0) is 25.2. The molecule has 0 atom stereocenters. The summed E-state index contributed by atoms with van der Waals surface area (Å²) in [4.78, 5) is 29.3. The van der Waals surface area contributed by atoms with Crippen LogP contribution in [0, 0.1) is 20.8 Å². The second-order valence-corrected chi connectivity index (χ2v) is 8.43. The summed E-state index contributed by atoms with van der Waals surface area (Å²) in [5, 5.41) is 19.5. The Balaban J connectivity index is 1.22. The van der Waals surface area contributed by atoms with Gasteiger partial charge in [0.1, 0.15) is 6.54 Å². The van der Waals surface area contributed by atoms with E-state index in [1.165, 1.54) is 10.9 Å². The summed E-state index contributed by atoms with van der Waals surface area (Å²) in [6.45, 7) is 5.87. The van der Waals surface area contributed by atoms with E-state index in [9.17, 15) is 9.59 Å². The number of anilines is 3. The highest BCUT2D eigenvalue weighted by Crippen LogP contribution is 2.19. The Morgan fingerprint density at radius 2 is 1.67 bits per heavy atom. The van der Waals surface area contributed by atoms with Gasteiger partial charge < -0.3 is 10.6 Å². The fourth-order valence-corrected chi connectivity index (χ4v) is 3.81. The van der Waals surface area contributed by atoms with Crippen LogP contribution in [0.5, 0.6) is 0 Å². The minimum atomic E-state index is -0.323. The van der Waals surface area contributed by atoms with Crippen molar-refractivity contribution in [2.24, 2.45) is 0 Å². The smallest absolute Gasteiger partial charge is 0.261 e. The number of fused-ring (bicyclic) bond motifs is 1. The van der Waals surface area contributed by atoms with Gasteiger partial charge in [-0.05, 0) is 74.9 Å². The minimum absolute atomic E-state index is 0.132. The van der Waals surface area contributed by atoms with Crippen LogP contribution in [0.3, 0.4) is 0 Å². The summed E-state index contributed by atoms with van der Waals surface area (Å²) < 4.78 is 3.07. The lowest BCUT2D eigenvalue weighted by molar-refractivity contribution is -0.116. The van der Waals surface area contributed by atoms with Gasteiger partial charge in [-0.3, -0.25) is 14.2 Å². The molecule has 0 unspecified atom stereocenters. The molecule has 3 aromatic heterocycles. The van der Waals surface area contributed by atoms with Crippen molar-refractivity contribution in [3.8, 4) is 5.82 Å². The van der Waals surface area contributed by atoms with Crippen LogP contribution < -0.4 is 16.2 Å². The van der Waals surface area contributed by atoms with Crippen LogP contribution in [0.2, 0.25) is 0 Å². The summed E-state index contributed by atoms with van der Waals surface area (Å²) >= 11 is 0. The van der Waals surface area contributed by atoms with E-state index in [0.717, 1.165) is 22.6 Å². The molecule has 5 rings (SSSR count). The lowest BCUT2D eigenvalue weighted by Crippen LogP contribution is -2.27. The van der Waals surface area contributed by atoms with Gasteiger partial charge >= 0.3 is 0 Å². The fraction of sp³-hybridized carbons (Fsp3) is 0.154. The molecular weight excluding hydrogens is 456 g/mol. The SMILES string of the molecule is Cc1nn(-c2ccc(Nc3ccc(NC(=O)Cn4cnc5ccccc5c4=O)cc3)nn2)c(C)c1C. The van der Waals surface area contributed by atoms with Gasteiger partial charge in [-0.2, -0.15) is 5.10 Å². The Morgan fingerprint density at radius 1 is 0.917 bits per heavy atom. The summed E-state index contributed by atoms with van der Waals surface area (Å²) in [6.07, 6.45) is 1.39. The maximum atomic E-state index is 12.6.